The first-order valence-corrected chi connectivity index (χ1v) is 7.58. The maximum Gasteiger partial charge on any atom is 0.329 e. The predicted octanol–water partition coefficient (Wildman–Crippen LogP) is 1.81. The third kappa shape index (κ3) is 2.88. The molecule has 2 N–H and O–H groups in total. The van der Waals surface area contributed by atoms with Gasteiger partial charge >= 0.3 is 5.97 Å². The fraction of sp³-hybridized carbons (Fsp3) is 0.692. The number of carboxylic acids is 1. The standard InChI is InChI=1S/C13H19NO3S/c15-11(10-4-2-1-3-5-10)14-13(12(16)17)6-8-18-9-7-13/h1-2,10H,3-9H2,(H,14,15)(H,16,17). The molecule has 0 saturated carbocycles. The lowest BCUT2D eigenvalue weighted by Gasteiger charge is -2.35. The SMILES string of the molecule is O=C(NC1(C(=O)O)CCSCC1)C1CC=CCC1. The van der Waals surface area contributed by atoms with Gasteiger partial charge in [0.2, 0.25) is 5.91 Å². The van der Waals surface area contributed by atoms with E-state index in [4.69, 9.17) is 0 Å². The Morgan fingerprint density at radius 2 is 2.00 bits per heavy atom. The highest BCUT2D eigenvalue weighted by Gasteiger charge is 2.42. The van der Waals surface area contributed by atoms with Crippen LogP contribution in [0.1, 0.15) is 32.1 Å². The first kappa shape index (κ1) is 13.5. The summed E-state index contributed by atoms with van der Waals surface area (Å²) < 4.78 is 0. The second-order valence-corrected chi connectivity index (χ2v) is 6.20. The molecule has 1 aliphatic heterocycles. The molecule has 0 aromatic carbocycles. The van der Waals surface area contributed by atoms with Crippen LogP contribution in [-0.4, -0.2) is 34.0 Å². The van der Waals surface area contributed by atoms with E-state index in [1.807, 2.05) is 6.08 Å². The molecular weight excluding hydrogens is 250 g/mol. The van der Waals surface area contributed by atoms with Crippen LogP contribution in [0.25, 0.3) is 0 Å². The van der Waals surface area contributed by atoms with Crippen LogP contribution in [0.3, 0.4) is 0 Å². The second kappa shape index (κ2) is 5.78. The van der Waals surface area contributed by atoms with Crippen LogP contribution in [0.2, 0.25) is 0 Å². The fourth-order valence-electron chi connectivity index (χ4n) is 2.48. The van der Waals surface area contributed by atoms with E-state index < -0.39 is 11.5 Å². The van der Waals surface area contributed by atoms with Gasteiger partial charge in [0.25, 0.3) is 0 Å². The molecule has 2 aliphatic rings. The molecule has 2 rings (SSSR count). The highest BCUT2D eigenvalue weighted by atomic mass is 32.2. The van der Waals surface area contributed by atoms with Crippen LogP contribution in [-0.2, 0) is 9.59 Å². The van der Waals surface area contributed by atoms with Crippen molar-refractivity contribution < 1.29 is 14.7 Å². The zero-order valence-electron chi connectivity index (χ0n) is 10.4. The van der Waals surface area contributed by atoms with Crippen LogP contribution in [0.5, 0.6) is 0 Å². The van der Waals surface area contributed by atoms with E-state index in [1.54, 1.807) is 11.8 Å². The lowest BCUT2D eigenvalue weighted by atomic mass is 9.88. The summed E-state index contributed by atoms with van der Waals surface area (Å²) >= 11 is 1.75. The summed E-state index contributed by atoms with van der Waals surface area (Å²) in [7, 11) is 0. The third-order valence-electron chi connectivity index (χ3n) is 3.76. The summed E-state index contributed by atoms with van der Waals surface area (Å²) in [5, 5.41) is 12.2. The summed E-state index contributed by atoms with van der Waals surface area (Å²) in [5.74, 6) is 0.575. The number of thioether (sulfide) groups is 1. The monoisotopic (exact) mass is 269 g/mol. The van der Waals surface area contributed by atoms with Crippen molar-refractivity contribution in [2.24, 2.45) is 5.92 Å². The van der Waals surface area contributed by atoms with E-state index in [0.29, 0.717) is 12.8 Å². The average molecular weight is 269 g/mol. The van der Waals surface area contributed by atoms with Crippen molar-refractivity contribution in [1.29, 1.82) is 0 Å². The Balaban J connectivity index is 2.02. The molecule has 1 fully saturated rings. The number of carboxylic acid groups (broad SMARTS) is 1. The molecule has 1 amide bonds. The van der Waals surface area contributed by atoms with Crippen molar-refractivity contribution >= 4 is 23.6 Å². The fourth-order valence-corrected chi connectivity index (χ4v) is 3.67. The van der Waals surface area contributed by atoms with Crippen molar-refractivity contribution in [2.75, 3.05) is 11.5 Å². The summed E-state index contributed by atoms with van der Waals surface area (Å²) in [4.78, 5) is 23.6. The van der Waals surface area contributed by atoms with Crippen LogP contribution in [0.4, 0.5) is 0 Å². The number of aliphatic carboxylic acids is 1. The summed E-state index contributed by atoms with van der Waals surface area (Å²) in [6.45, 7) is 0. The zero-order valence-corrected chi connectivity index (χ0v) is 11.2. The van der Waals surface area contributed by atoms with Gasteiger partial charge in [0.15, 0.2) is 0 Å². The number of hydrogen-bond acceptors (Lipinski definition) is 3. The number of hydrogen-bond donors (Lipinski definition) is 2. The number of allylic oxidation sites excluding steroid dienone is 2. The molecule has 0 spiro atoms. The predicted molar refractivity (Wildman–Crippen MR) is 71.5 cm³/mol. The zero-order chi connectivity index (χ0) is 13.0. The molecule has 0 aromatic heterocycles. The normalized spacial score (nSPS) is 26.6. The number of carbonyl (C=O) groups excluding carboxylic acids is 1. The van der Waals surface area contributed by atoms with Crippen LogP contribution < -0.4 is 5.32 Å². The van der Waals surface area contributed by atoms with Crippen molar-refractivity contribution in [2.45, 2.75) is 37.6 Å². The minimum absolute atomic E-state index is 0.0548. The number of nitrogens with one attached hydrogen (secondary N) is 1. The summed E-state index contributed by atoms with van der Waals surface area (Å²) in [5.41, 5.74) is -1.02. The minimum atomic E-state index is -1.02. The molecule has 4 nitrogen and oxygen atoms in total. The van der Waals surface area contributed by atoms with Crippen LogP contribution in [0, 0.1) is 5.92 Å². The lowest BCUT2D eigenvalue weighted by Crippen LogP contribution is -2.57. The molecule has 1 atom stereocenters. The van der Waals surface area contributed by atoms with Crippen molar-refractivity contribution in [1.82, 2.24) is 5.32 Å². The van der Waals surface area contributed by atoms with Crippen LogP contribution >= 0.6 is 11.8 Å². The van der Waals surface area contributed by atoms with Gasteiger partial charge in [0.1, 0.15) is 5.54 Å². The highest BCUT2D eigenvalue weighted by molar-refractivity contribution is 7.99. The first-order valence-electron chi connectivity index (χ1n) is 6.42. The topological polar surface area (TPSA) is 66.4 Å². The quantitative estimate of drug-likeness (QED) is 0.767. The lowest BCUT2D eigenvalue weighted by molar-refractivity contribution is -0.148. The number of carbonyl (C=O) groups is 2. The molecule has 100 valence electrons. The van der Waals surface area contributed by atoms with Crippen molar-refractivity contribution in [3.8, 4) is 0 Å². The maximum atomic E-state index is 12.2. The van der Waals surface area contributed by atoms with Crippen molar-refractivity contribution in [3.05, 3.63) is 12.2 Å². The van der Waals surface area contributed by atoms with Gasteiger partial charge in [-0.25, -0.2) is 4.79 Å². The van der Waals surface area contributed by atoms with Gasteiger partial charge in [-0.3, -0.25) is 4.79 Å². The maximum absolute atomic E-state index is 12.2. The Kier molecular flexibility index (Phi) is 4.32. The molecule has 0 aromatic rings. The Hall–Kier alpha value is -0.970. The summed E-state index contributed by atoms with van der Waals surface area (Å²) in [6.07, 6.45) is 7.62. The Morgan fingerprint density at radius 3 is 2.56 bits per heavy atom. The van der Waals surface area contributed by atoms with Gasteiger partial charge in [-0.2, -0.15) is 11.8 Å². The van der Waals surface area contributed by atoms with Gasteiger partial charge in [-0.05, 0) is 43.6 Å². The van der Waals surface area contributed by atoms with E-state index in [0.717, 1.165) is 30.8 Å². The van der Waals surface area contributed by atoms with Crippen LogP contribution in [0.15, 0.2) is 12.2 Å². The van der Waals surface area contributed by atoms with E-state index in [-0.39, 0.29) is 11.8 Å². The molecule has 18 heavy (non-hydrogen) atoms. The first-order chi connectivity index (χ1) is 8.64. The smallest absolute Gasteiger partial charge is 0.329 e. The Labute approximate surface area is 111 Å². The van der Waals surface area contributed by atoms with E-state index in [2.05, 4.69) is 11.4 Å². The van der Waals surface area contributed by atoms with Gasteiger partial charge in [0.05, 0.1) is 0 Å². The minimum Gasteiger partial charge on any atom is -0.480 e. The highest BCUT2D eigenvalue weighted by Crippen LogP contribution is 2.29. The van der Waals surface area contributed by atoms with Crippen molar-refractivity contribution in [3.63, 3.8) is 0 Å². The molecule has 5 heteroatoms. The van der Waals surface area contributed by atoms with E-state index >= 15 is 0 Å². The molecule has 0 bridgehead atoms. The Morgan fingerprint density at radius 1 is 1.28 bits per heavy atom. The molecule has 1 heterocycles. The van der Waals surface area contributed by atoms with Gasteiger partial charge in [0, 0.05) is 5.92 Å². The number of rotatable bonds is 3. The second-order valence-electron chi connectivity index (χ2n) is 4.97. The molecule has 0 radical (unpaired) electrons. The summed E-state index contributed by atoms with van der Waals surface area (Å²) in [6, 6.07) is 0. The molecular formula is C13H19NO3S. The molecule has 1 unspecified atom stereocenters. The number of amides is 1. The van der Waals surface area contributed by atoms with Gasteiger partial charge in [-0.1, -0.05) is 12.2 Å². The van der Waals surface area contributed by atoms with Gasteiger partial charge < -0.3 is 10.4 Å². The third-order valence-corrected chi connectivity index (χ3v) is 4.74. The largest absolute Gasteiger partial charge is 0.480 e. The van der Waals surface area contributed by atoms with E-state index in [9.17, 15) is 14.7 Å². The average Bonchev–Trinajstić information content (AvgIpc) is 2.40. The Bertz CT molecular complexity index is 361. The van der Waals surface area contributed by atoms with E-state index in [1.165, 1.54) is 0 Å². The molecule has 1 aliphatic carbocycles. The van der Waals surface area contributed by atoms with Gasteiger partial charge in [-0.15, -0.1) is 0 Å². The molecule has 1 saturated heterocycles.